The summed E-state index contributed by atoms with van der Waals surface area (Å²) in [5.74, 6) is -0.615. The third kappa shape index (κ3) is 3.58. The van der Waals surface area contributed by atoms with Gasteiger partial charge in [0, 0.05) is 13.1 Å². The first-order chi connectivity index (χ1) is 11.6. The Morgan fingerprint density at radius 1 is 1.25 bits per heavy atom. The Hall–Kier alpha value is -1.16. The van der Waals surface area contributed by atoms with E-state index in [-0.39, 0.29) is 49.8 Å². The summed E-state index contributed by atoms with van der Waals surface area (Å²) in [4.78, 5) is 35.6. The van der Waals surface area contributed by atoms with Crippen LogP contribution in [0.5, 0.6) is 0 Å². The lowest BCUT2D eigenvalue weighted by Gasteiger charge is -2.21. The van der Waals surface area contributed by atoms with E-state index in [9.17, 15) is 9.59 Å². The summed E-state index contributed by atoms with van der Waals surface area (Å²) in [6.07, 6.45) is 3.06. The molecule has 7 nitrogen and oxygen atoms in total. The van der Waals surface area contributed by atoms with Crippen LogP contribution < -0.4 is 0 Å². The fourth-order valence-electron chi connectivity index (χ4n) is 3.00. The van der Waals surface area contributed by atoms with Gasteiger partial charge < -0.3 is 15.1 Å². The van der Waals surface area contributed by atoms with Crippen molar-refractivity contribution < 1.29 is 19.8 Å². The van der Waals surface area contributed by atoms with Crippen molar-refractivity contribution in [3.05, 3.63) is 10.5 Å². The minimum atomic E-state index is -0.284. The largest absolute Gasteiger partial charge is 0.395 e. The molecule has 2 heterocycles. The minimum Gasteiger partial charge on any atom is -0.395 e. The molecule has 1 unspecified atom stereocenters. The average molecular weight is 369 g/mol. The lowest BCUT2D eigenvalue weighted by molar-refractivity contribution is -0.129. The Morgan fingerprint density at radius 3 is 2.71 bits per heavy atom. The summed E-state index contributed by atoms with van der Waals surface area (Å²) in [6.45, 7) is 0.0320. The van der Waals surface area contributed by atoms with Gasteiger partial charge in [-0.05, 0) is 29.7 Å². The van der Waals surface area contributed by atoms with E-state index in [0.29, 0.717) is 5.17 Å². The van der Waals surface area contributed by atoms with Gasteiger partial charge in [-0.1, -0.05) is 23.5 Å². The zero-order chi connectivity index (χ0) is 17.1. The highest BCUT2D eigenvalue weighted by Crippen LogP contribution is 2.49. The molecule has 0 bridgehead atoms. The monoisotopic (exact) mass is 369 g/mol. The van der Waals surface area contributed by atoms with E-state index in [1.165, 1.54) is 15.4 Å². The number of amides is 2. The summed E-state index contributed by atoms with van der Waals surface area (Å²) < 4.78 is 0. The molecule has 2 amide bonds. The number of amidine groups is 1. The second-order valence-corrected chi connectivity index (χ2v) is 7.69. The number of allylic oxidation sites excluding steroid dienone is 1. The van der Waals surface area contributed by atoms with Crippen LogP contribution >= 0.6 is 23.5 Å². The predicted molar refractivity (Wildman–Crippen MR) is 95.0 cm³/mol. The molecule has 0 fully saturated rings. The number of hydrogen-bond donors (Lipinski definition) is 2. The van der Waals surface area contributed by atoms with Crippen LogP contribution in [0.1, 0.15) is 19.3 Å². The maximum Gasteiger partial charge on any atom is 0.262 e. The molecule has 0 saturated carbocycles. The number of carbonyl (C=O) groups excluding carboxylic acids is 2. The average Bonchev–Trinajstić information content (AvgIpc) is 3.12. The lowest BCUT2D eigenvalue weighted by Crippen LogP contribution is -2.37. The quantitative estimate of drug-likeness (QED) is 0.712. The van der Waals surface area contributed by atoms with Gasteiger partial charge in [-0.2, -0.15) is 4.99 Å². The van der Waals surface area contributed by atoms with Crippen molar-refractivity contribution in [2.75, 3.05) is 32.1 Å². The number of fused-ring (bicyclic) bond motifs is 2. The van der Waals surface area contributed by atoms with Crippen molar-refractivity contribution in [3.8, 4) is 0 Å². The van der Waals surface area contributed by atoms with Gasteiger partial charge >= 0.3 is 0 Å². The van der Waals surface area contributed by atoms with Gasteiger partial charge in [0.15, 0.2) is 5.17 Å². The number of hydrogen-bond acceptors (Lipinski definition) is 7. The zero-order valence-corrected chi connectivity index (χ0v) is 14.7. The van der Waals surface area contributed by atoms with Crippen LogP contribution in [0.3, 0.4) is 0 Å². The second-order valence-electron chi connectivity index (χ2n) is 5.64. The first-order valence-electron chi connectivity index (χ1n) is 7.87. The fourth-order valence-corrected chi connectivity index (χ4v) is 5.15. The highest BCUT2D eigenvalue weighted by molar-refractivity contribution is 8.18. The van der Waals surface area contributed by atoms with Crippen molar-refractivity contribution >= 4 is 45.5 Å². The van der Waals surface area contributed by atoms with E-state index in [1.54, 1.807) is 11.8 Å². The summed E-state index contributed by atoms with van der Waals surface area (Å²) in [5.41, 5.74) is 1.18. The topological polar surface area (TPSA) is 103 Å². The van der Waals surface area contributed by atoms with Crippen LogP contribution in [0.15, 0.2) is 20.5 Å². The Balaban J connectivity index is 1.60. The number of aliphatic hydroxyl groups excluding tert-OH is 2. The van der Waals surface area contributed by atoms with Crippen LogP contribution in [0.4, 0.5) is 0 Å². The van der Waals surface area contributed by atoms with Gasteiger partial charge in [0.25, 0.3) is 5.91 Å². The Bertz CT molecular complexity index is 639. The Kier molecular flexibility index (Phi) is 5.75. The molecular formula is C15H19N3O4S2. The SMILES string of the molecule is O=C1N=C(SCC(=O)N(CCO)CCO)N=C2SC3=C(CCC3)C12. The molecule has 0 aromatic rings. The maximum atomic E-state index is 12.3. The van der Waals surface area contributed by atoms with Gasteiger partial charge in [-0.25, -0.2) is 4.99 Å². The molecule has 2 N–H and O–H groups in total. The molecule has 0 saturated heterocycles. The molecular weight excluding hydrogens is 350 g/mol. The van der Waals surface area contributed by atoms with Crippen molar-refractivity contribution in [2.45, 2.75) is 19.3 Å². The predicted octanol–water partition coefficient (Wildman–Crippen LogP) is 0.628. The third-order valence-electron chi connectivity index (χ3n) is 4.11. The van der Waals surface area contributed by atoms with Crippen molar-refractivity contribution in [2.24, 2.45) is 15.9 Å². The van der Waals surface area contributed by atoms with Crippen LogP contribution in [0, 0.1) is 5.92 Å². The highest BCUT2D eigenvalue weighted by atomic mass is 32.2. The molecule has 0 radical (unpaired) electrons. The molecule has 130 valence electrons. The van der Waals surface area contributed by atoms with Crippen LogP contribution in [0.25, 0.3) is 0 Å². The zero-order valence-electron chi connectivity index (χ0n) is 13.1. The number of aliphatic hydroxyl groups is 2. The molecule has 3 rings (SSSR count). The highest BCUT2D eigenvalue weighted by Gasteiger charge is 2.41. The summed E-state index contributed by atoms with van der Waals surface area (Å²) in [5, 5.41) is 19.0. The number of aliphatic imine (C=N–C) groups is 2. The number of rotatable bonds is 6. The maximum absolute atomic E-state index is 12.3. The first kappa shape index (κ1) is 17.7. The first-order valence-corrected chi connectivity index (χ1v) is 9.67. The summed E-state index contributed by atoms with van der Waals surface area (Å²) >= 11 is 2.70. The van der Waals surface area contributed by atoms with Gasteiger partial charge in [0.05, 0.1) is 24.0 Å². The Morgan fingerprint density at radius 2 is 2.00 bits per heavy atom. The van der Waals surface area contributed by atoms with Crippen LogP contribution in [-0.2, 0) is 9.59 Å². The van der Waals surface area contributed by atoms with E-state index in [2.05, 4.69) is 9.98 Å². The van der Waals surface area contributed by atoms with E-state index in [0.717, 1.165) is 36.1 Å². The van der Waals surface area contributed by atoms with Crippen molar-refractivity contribution in [3.63, 3.8) is 0 Å². The number of nitrogens with zero attached hydrogens (tertiary/aromatic N) is 3. The van der Waals surface area contributed by atoms with E-state index in [4.69, 9.17) is 10.2 Å². The smallest absolute Gasteiger partial charge is 0.262 e. The van der Waals surface area contributed by atoms with Crippen molar-refractivity contribution in [1.82, 2.24) is 4.90 Å². The molecule has 2 aliphatic heterocycles. The molecule has 9 heteroatoms. The Labute approximate surface area is 148 Å². The molecule has 24 heavy (non-hydrogen) atoms. The molecule has 1 aliphatic carbocycles. The van der Waals surface area contributed by atoms with E-state index < -0.39 is 0 Å². The molecule has 3 aliphatic rings. The van der Waals surface area contributed by atoms with Gasteiger partial charge in [-0.15, -0.1) is 0 Å². The molecule has 0 aromatic heterocycles. The summed E-state index contributed by atoms with van der Waals surface area (Å²) in [6, 6.07) is 0. The minimum absolute atomic E-state index is 0.0748. The third-order valence-corrected chi connectivity index (χ3v) is 6.19. The standard InChI is InChI=1S/C15H19N3O4S2/c19-6-4-18(5-7-20)11(21)8-23-15-16-13(22)12-9-2-1-3-10(9)24-14(12)17-15/h12,19-20H,1-8H2. The van der Waals surface area contributed by atoms with Crippen LogP contribution in [-0.4, -0.2) is 69.2 Å². The number of thioether (sulfide) groups is 2. The molecule has 0 aromatic carbocycles. The van der Waals surface area contributed by atoms with Crippen molar-refractivity contribution in [1.29, 1.82) is 0 Å². The summed E-state index contributed by atoms with van der Waals surface area (Å²) in [7, 11) is 0. The van der Waals surface area contributed by atoms with E-state index >= 15 is 0 Å². The fraction of sp³-hybridized carbons (Fsp3) is 0.600. The van der Waals surface area contributed by atoms with Gasteiger partial charge in [-0.3, -0.25) is 9.59 Å². The molecule has 0 spiro atoms. The van der Waals surface area contributed by atoms with Gasteiger partial charge in [0.1, 0.15) is 5.92 Å². The van der Waals surface area contributed by atoms with E-state index in [1.807, 2.05) is 0 Å². The second kappa shape index (κ2) is 7.81. The van der Waals surface area contributed by atoms with Crippen LogP contribution in [0.2, 0.25) is 0 Å². The molecule has 1 atom stereocenters. The van der Waals surface area contributed by atoms with Gasteiger partial charge in [0.2, 0.25) is 5.91 Å². The number of carbonyl (C=O) groups is 2. The normalized spacial score (nSPS) is 22.2. The lowest BCUT2D eigenvalue weighted by atomic mass is 9.98.